The average Bonchev–Trinajstić information content (AvgIpc) is 2.27. The fourth-order valence-electron chi connectivity index (χ4n) is 1.85. The molecule has 92 valence electrons. The van der Waals surface area contributed by atoms with E-state index in [1.165, 1.54) is 19.3 Å². The van der Waals surface area contributed by atoms with Gasteiger partial charge in [-0.1, -0.05) is 19.3 Å². The Morgan fingerprint density at radius 1 is 1.31 bits per heavy atom. The van der Waals surface area contributed by atoms with E-state index in [4.69, 9.17) is 5.73 Å². The number of hydrogen-bond acceptors (Lipinski definition) is 3. The van der Waals surface area contributed by atoms with E-state index >= 15 is 0 Å². The number of rotatable bonds is 4. The molecular formula is C11H21N3O2. The van der Waals surface area contributed by atoms with E-state index in [1.54, 1.807) is 6.92 Å². The molecule has 1 rings (SSSR count). The molecular weight excluding hydrogens is 206 g/mol. The molecule has 4 N–H and O–H groups in total. The monoisotopic (exact) mass is 227 g/mol. The van der Waals surface area contributed by atoms with Gasteiger partial charge in [-0.3, -0.25) is 9.59 Å². The van der Waals surface area contributed by atoms with Crippen LogP contribution in [0.5, 0.6) is 0 Å². The van der Waals surface area contributed by atoms with Crippen molar-refractivity contribution in [1.29, 1.82) is 0 Å². The Hall–Kier alpha value is -1.10. The van der Waals surface area contributed by atoms with Gasteiger partial charge in [-0.15, -0.1) is 0 Å². The van der Waals surface area contributed by atoms with Crippen molar-refractivity contribution >= 4 is 11.8 Å². The summed E-state index contributed by atoms with van der Waals surface area (Å²) in [6, 6.07) is -0.282. The van der Waals surface area contributed by atoms with Crippen LogP contribution in [0.3, 0.4) is 0 Å². The zero-order valence-electron chi connectivity index (χ0n) is 9.79. The van der Waals surface area contributed by atoms with Crippen LogP contribution in [0.4, 0.5) is 0 Å². The number of carbonyl (C=O) groups excluding carboxylic acids is 2. The largest absolute Gasteiger partial charge is 0.352 e. The predicted molar refractivity (Wildman–Crippen MR) is 61.7 cm³/mol. The lowest BCUT2D eigenvalue weighted by atomic mass is 9.95. The second kappa shape index (κ2) is 6.48. The number of carbonyl (C=O) groups is 2. The molecule has 1 aliphatic rings. The summed E-state index contributed by atoms with van der Waals surface area (Å²) in [4.78, 5) is 22.6. The Morgan fingerprint density at radius 3 is 2.50 bits per heavy atom. The molecule has 0 saturated heterocycles. The molecule has 1 saturated carbocycles. The van der Waals surface area contributed by atoms with Gasteiger partial charge in [0.15, 0.2) is 0 Å². The highest BCUT2D eigenvalue weighted by molar-refractivity contribution is 5.87. The lowest BCUT2D eigenvalue weighted by Gasteiger charge is -2.22. The first kappa shape index (κ1) is 13.0. The van der Waals surface area contributed by atoms with Gasteiger partial charge in [0.25, 0.3) is 0 Å². The zero-order chi connectivity index (χ0) is 12.0. The minimum absolute atomic E-state index is 0.0247. The second-order valence-corrected chi connectivity index (χ2v) is 4.41. The molecule has 0 spiro atoms. The molecule has 0 heterocycles. The highest BCUT2D eigenvalue weighted by Gasteiger charge is 2.16. The lowest BCUT2D eigenvalue weighted by molar-refractivity contribution is -0.127. The maximum atomic E-state index is 11.5. The number of hydrogen-bond donors (Lipinski definition) is 3. The van der Waals surface area contributed by atoms with E-state index in [0.717, 1.165) is 12.8 Å². The van der Waals surface area contributed by atoms with Crippen molar-refractivity contribution in [3.63, 3.8) is 0 Å². The van der Waals surface area contributed by atoms with E-state index < -0.39 is 6.04 Å². The summed E-state index contributed by atoms with van der Waals surface area (Å²) in [5.74, 6) is -0.417. The van der Waals surface area contributed by atoms with E-state index in [0.29, 0.717) is 0 Å². The van der Waals surface area contributed by atoms with Crippen molar-refractivity contribution in [3.8, 4) is 0 Å². The summed E-state index contributed by atoms with van der Waals surface area (Å²) in [6.45, 7) is 1.62. The lowest BCUT2D eigenvalue weighted by Crippen LogP contribution is -2.46. The average molecular weight is 227 g/mol. The molecule has 0 aromatic carbocycles. The van der Waals surface area contributed by atoms with Gasteiger partial charge >= 0.3 is 0 Å². The van der Waals surface area contributed by atoms with Gasteiger partial charge in [-0.25, -0.2) is 0 Å². The van der Waals surface area contributed by atoms with Crippen LogP contribution in [0.1, 0.15) is 39.0 Å². The molecule has 0 unspecified atom stereocenters. The smallest absolute Gasteiger partial charge is 0.239 e. The van der Waals surface area contributed by atoms with Crippen LogP contribution in [0.2, 0.25) is 0 Å². The third kappa shape index (κ3) is 4.61. The van der Waals surface area contributed by atoms with Crippen LogP contribution in [0, 0.1) is 0 Å². The van der Waals surface area contributed by atoms with Crippen molar-refractivity contribution in [3.05, 3.63) is 0 Å². The van der Waals surface area contributed by atoms with Crippen LogP contribution in [-0.2, 0) is 9.59 Å². The molecule has 16 heavy (non-hydrogen) atoms. The number of amides is 2. The van der Waals surface area contributed by atoms with Gasteiger partial charge < -0.3 is 16.4 Å². The van der Waals surface area contributed by atoms with Crippen molar-refractivity contribution in [2.24, 2.45) is 5.73 Å². The summed E-state index contributed by atoms with van der Waals surface area (Å²) in [6.07, 6.45) is 5.71. The van der Waals surface area contributed by atoms with Gasteiger partial charge in [0.05, 0.1) is 12.6 Å². The fourth-order valence-corrected chi connectivity index (χ4v) is 1.85. The number of nitrogens with two attached hydrogens (primary N) is 1. The zero-order valence-corrected chi connectivity index (χ0v) is 9.79. The molecule has 0 aromatic heterocycles. The Kier molecular flexibility index (Phi) is 5.25. The topological polar surface area (TPSA) is 84.2 Å². The Labute approximate surface area is 96.1 Å². The third-order valence-corrected chi connectivity index (χ3v) is 2.81. The first-order chi connectivity index (χ1) is 7.59. The van der Waals surface area contributed by atoms with Gasteiger partial charge in [-0.05, 0) is 19.8 Å². The second-order valence-electron chi connectivity index (χ2n) is 4.41. The molecule has 1 atom stereocenters. The third-order valence-electron chi connectivity index (χ3n) is 2.81. The van der Waals surface area contributed by atoms with E-state index in [1.807, 2.05) is 0 Å². The van der Waals surface area contributed by atoms with Gasteiger partial charge in [0.2, 0.25) is 11.8 Å². The molecule has 0 radical (unpaired) electrons. The predicted octanol–water partition coefficient (Wildman–Crippen LogP) is -0.101. The van der Waals surface area contributed by atoms with Gasteiger partial charge in [-0.2, -0.15) is 0 Å². The molecule has 2 amide bonds. The van der Waals surface area contributed by atoms with Crippen LogP contribution in [-0.4, -0.2) is 30.4 Å². The molecule has 1 fully saturated rings. The van der Waals surface area contributed by atoms with Crippen LogP contribution in [0.15, 0.2) is 0 Å². The highest BCUT2D eigenvalue weighted by atomic mass is 16.2. The molecule has 5 nitrogen and oxygen atoms in total. The van der Waals surface area contributed by atoms with E-state index in [-0.39, 0.29) is 24.4 Å². The van der Waals surface area contributed by atoms with Crippen molar-refractivity contribution in [2.75, 3.05) is 6.54 Å². The number of nitrogens with one attached hydrogen (secondary N) is 2. The molecule has 0 aromatic rings. The first-order valence-electron chi connectivity index (χ1n) is 5.92. The summed E-state index contributed by atoms with van der Waals surface area (Å²) >= 11 is 0. The minimum atomic E-state index is -0.567. The molecule has 1 aliphatic carbocycles. The standard InChI is InChI=1S/C11H21N3O2/c1-8(12)11(16)13-7-10(15)14-9-5-3-2-4-6-9/h8-9H,2-7,12H2,1H3,(H,13,16)(H,14,15)/t8-/m1/s1. The fraction of sp³-hybridized carbons (Fsp3) is 0.818. The first-order valence-corrected chi connectivity index (χ1v) is 5.92. The van der Waals surface area contributed by atoms with Crippen LogP contribution >= 0.6 is 0 Å². The molecule has 5 heteroatoms. The van der Waals surface area contributed by atoms with Crippen molar-refractivity contribution in [2.45, 2.75) is 51.1 Å². The summed E-state index contributed by atoms with van der Waals surface area (Å²) in [7, 11) is 0. The maximum absolute atomic E-state index is 11.5. The van der Waals surface area contributed by atoms with Crippen LogP contribution < -0.4 is 16.4 Å². The SMILES string of the molecule is C[C@@H](N)C(=O)NCC(=O)NC1CCCCC1. The Bertz CT molecular complexity index is 248. The summed E-state index contributed by atoms with van der Waals surface area (Å²) < 4.78 is 0. The Balaban J connectivity index is 2.17. The van der Waals surface area contributed by atoms with Crippen molar-refractivity contribution < 1.29 is 9.59 Å². The van der Waals surface area contributed by atoms with E-state index in [9.17, 15) is 9.59 Å². The Morgan fingerprint density at radius 2 is 1.94 bits per heavy atom. The molecule has 0 bridgehead atoms. The molecule has 0 aliphatic heterocycles. The van der Waals surface area contributed by atoms with Gasteiger partial charge in [0, 0.05) is 6.04 Å². The van der Waals surface area contributed by atoms with Crippen LogP contribution in [0.25, 0.3) is 0 Å². The maximum Gasteiger partial charge on any atom is 0.239 e. The normalized spacial score (nSPS) is 18.9. The van der Waals surface area contributed by atoms with Gasteiger partial charge in [0.1, 0.15) is 0 Å². The minimum Gasteiger partial charge on any atom is -0.352 e. The summed E-state index contributed by atoms with van der Waals surface area (Å²) in [5, 5.41) is 5.41. The van der Waals surface area contributed by atoms with Crippen molar-refractivity contribution in [1.82, 2.24) is 10.6 Å². The summed E-state index contributed by atoms with van der Waals surface area (Å²) in [5.41, 5.74) is 5.36. The quantitative estimate of drug-likeness (QED) is 0.627. The van der Waals surface area contributed by atoms with E-state index in [2.05, 4.69) is 10.6 Å². The highest BCUT2D eigenvalue weighted by Crippen LogP contribution is 2.16.